The molecule has 2 atom stereocenters. The first kappa shape index (κ1) is 16.5. The molecule has 2 aliphatic rings. The van der Waals surface area contributed by atoms with Crippen LogP contribution in [0.15, 0.2) is 42.7 Å². The zero-order valence-corrected chi connectivity index (χ0v) is 15.0. The van der Waals surface area contributed by atoms with E-state index in [0.29, 0.717) is 17.9 Å². The lowest BCUT2D eigenvalue weighted by Crippen LogP contribution is -2.44. The Labute approximate surface area is 149 Å². The molecular weight excluding hydrogens is 310 g/mol. The Morgan fingerprint density at radius 2 is 1.88 bits per heavy atom. The number of ketones is 1. The van der Waals surface area contributed by atoms with Gasteiger partial charge in [0.2, 0.25) is 0 Å². The van der Waals surface area contributed by atoms with E-state index in [0.717, 1.165) is 37.9 Å². The van der Waals surface area contributed by atoms with E-state index in [9.17, 15) is 4.79 Å². The molecule has 0 radical (unpaired) electrons. The van der Waals surface area contributed by atoms with Crippen LogP contribution in [0.1, 0.15) is 54.9 Å². The third-order valence-electron chi connectivity index (χ3n) is 5.83. The number of aromatic nitrogens is 2. The Bertz CT molecular complexity index is 710. The smallest absolute Gasteiger partial charge is 0.169 e. The maximum Gasteiger partial charge on any atom is 0.169 e. The molecule has 0 spiro atoms. The first-order valence-corrected chi connectivity index (χ1v) is 9.61. The Kier molecular flexibility index (Phi) is 4.71. The second kappa shape index (κ2) is 7.12. The van der Waals surface area contributed by atoms with Crippen molar-refractivity contribution in [1.82, 2.24) is 14.7 Å². The first-order chi connectivity index (χ1) is 12.2. The fourth-order valence-corrected chi connectivity index (χ4v) is 4.62. The molecule has 2 bridgehead atoms. The van der Waals surface area contributed by atoms with Gasteiger partial charge in [0.1, 0.15) is 0 Å². The molecule has 1 aromatic heterocycles. The van der Waals surface area contributed by atoms with Crippen molar-refractivity contribution in [2.75, 3.05) is 0 Å². The largest absolute Gasteiger partial charge is 0.294 e. The molecule has 0 saturated carbocycles. The minimum Gasteiger partial charge on any atom is -0.294 e. The van der Waals surface area contributed by atoms with E-state index in [1.807, 2.05) is 10.9 Å². The number of rotatable bonds is 6. The summed E-state index contributed by atoms with van der Waals surface area (Å²) in [6, 6.07) is 11.8. The summed E-state index contributed by atoms with van der Waals surface area (Å²) in [5.74, 6) is 0.474. The van der Waals surface area contributed by atoms with Crippen molar-refractivity contribution in [3.8, 4) is 0 Å². The maximum atomic E-state index is 12.9. The molecule has 4 nitrogen and oxygen atoms in total. The second-order valence-corrected chi connectivity index (χ2v) is 7.57. The number of hydrogen-bond acceptors (Lipinski definition) is 3. The lowest BCUT2D eigenvalue weighted by atomic mass is 9.85. The van der Waals surface area contributed by atoms with E-state index in [2.05, 4.69) is 47.3 Å². The van der Waals surface area contributed by atoms with Gasteiger partial charge in [-0.3, -0.25) is 14.4 Å². The normalized spacial score (nSPS) is 26.0. The van der Waals surface area contributed by atoms with E-state index in [1.54, 1.807) is 6.20 Å². The van der Waals surface area contributed by atoms with Crippen molar-refractivity contribution in [1.29, 1.82) is 0 Å². The predicted octanol–water partition coefficient (Wildman–Crippen LogP) is 3.92. The third-order valence-corrected chi connectivity index (χ3v) is 5.83. The average Bonchev–Trinajstić information content (AvgIpc) is 3.17. The van der Waals surface area contributed by atoms with Gasteiger partial charge in [0.15, 0.2) is 5.78 Å². The summed E-state index contributed by atoms with van der Waals surface area (Å²) >= 11 is 0. The Morgan fingerprint density at radius 1 is 1.16 bits per heavy atom. The molecule has 0 amide bonds. The third kappa shape index (κ3) is 3.40. The molecule has 2 saturated heterocycles. The zero-order chi connectivity index (χ0) is 17.2. The minimum atomic E-state index is 0.170. The summed E-state index contributed by atoms with van der Waals surface area (Å²) < 4.78 is 1.90. The van der Waals surface area contributed by atoms with Crippen LogP contribution in [0.2, 0.25) is 0 Å². The molecule has 4 heteroatoms. The predicted molar refractivity (Wildman–Crippen MR) is 98.4 cm³/mol. The highest BCUT2D eigenvalue weighted by atomic mass is 16.1. The summed E-state index contributed by atoms with van der Waals surface area (Å²) in [7, 11) is 0. The van der Waals surface area contributed by atoms with Crippen LogP contribution in [-0.2, 0) is 13.1 Å². The van der Waals surface area contributed by atoms with Gasteiger partial charge in [0, 0.05) is 37.3 Å². The van der Waals surface area contributed by atoms with Crippen LogP contribution < -0.4 is 0 Å². The molecule has 25 heavy (non-hydrogen) atoms. The van der Waals surface area contributed by atoms with E-state index in [-0.39, 0.29) is 5.92 Å². The van der Waals surface area contributed by atoms with Crippen LogP contribution in [0.3, 0.4) is 0 Å². The van der Waals surface area contributed by atoms with Gasteiger partial charge in [-0.05, 0) is 37.7 Å². The van der Waals surface area contributed by atoms with Gasteiger partial charge in [0.25, 0.3) is 0 Å². The number of carbonyl (C=O) groups is 1. The summed E-state index contributed by atoms with van der Waals surface area (Å²) in [6.45, 7) is 4.03. The number of fused-ring (bicyclic) bond motifs is 2. The standard InChI is InChI=1S/C21H27N3O/c1-2-10-23-15-18(13-22-23)21(25)17-11-19-8-9-20(12-17)24(19)14-16-6-4-3-5-7-16/h3-7,13,15,17,19-20H,2,8-12,14H2,1H3. The number of aryl methyl sites for hydroxylation is 1. The maximum absolute atomic E-state index is 12.9. The van der Waals surface area contributed by atoms with Crippen LogP contribution in [0.25, 0.3) is 0 Å². The van der Waals surface area contributed by atoms with Crippen molar-refractivity contribution >= 4 is 5.78 Å². The fourth-order valence-electron chi connectivity index (χ4n) is 4.62. The molecular formula is C21H27N3O. The molecule has 132 valence electrons. The first-order valence-electron chi connectivity index (χ1n) is 9.61. The highest BCUT2D eigenvalue weighted by molar-refractivity contribution is 5.97. The van der Waals surface area contributed by atoms with E-state index in [4.69, 9.17) is 0 Å². The zero-order valence-electron chi connectivity index (χ0n) is 15.0. The Morgan fingerprint density at radius 3 is 2.56 bits per heavy atom. The van der Waals surface area contributed by atoms with Gasteiger partial charge in [-0.1, -0.05) is 37.3 Å². The van der Waals surface area contributed by atoms with Crippen LogP contribution in [0, 0.1) is 5.92 Å². The highest BCUT2D eigenvalue weighted by Crippen LogP contribution is 2.40. The van der Waals surface area contributed by atoms with Gasteiger partial charge in [-0.2, -0.15) is 5.10 Å². The minimum absolute atomic E-state index is 0.170. The van der Waals surface area contributed by atoms with E-state index >= 15 is 0 Å². The van der Waals surface area contributed by atoms with Gasteiger partial charge < -0.3 is 0 Å². The Hall–Kier alpha value is -1.94. The summed E-state index contributed by atoms with van der Waals surface area (Å²) in [5, 5.41) is 4.33. The molecule has 0 aliphatic carbocycles. The molecule has 2 aliphatic heterocycles. The van der Waals surface area contributed by atoms with Crippen LogP contribution in [0.4, 0.5) is 0 Å². The average molecular weight is 337 g/mol. The van der Waals surface area contributed by atoms with Gasteiger partial charge in [-0.25, -0.2) is 0 Å². The number of piperidine rings is 1. The number of hydrogen-bond donors (Lipinski definition) is 0. The van der Waals surface area contributed by atoms with Gasteiger partial charge >= 0.3 is 0 Å². The van der Waals surface area contributed by atoms with Crippen molar-refractivity contribution < 1.29 is 4.79 Å². The quantitative estimate of drug-likeness (QED) is 0.750. The molecule has 2 unspecified atom stereocenters. The lowest BCUT2D eigenvalue weighted by molar-refractivity contribution is 0.0678. The molecule has 0 N–H and O–H groups in total. The molecule has 2 aromatic rings. The van der Waals surface area contributed by atoms with E-state index < -0.39 is 0 Å². The molecule has 4 rings (SSSR count). The molecule has 1 aromatic carbocycles. The SMILES string of the molecule is CCCn1cc(C(=O)C2CC3CCC(C2)N3Cc2ccccc2)cn1. The fraction of sp³-hybridized carbons (Fsp3) is 0.524. The van der Waals surface area contributed by atoms with Crippen LogP contribution >= 0.6 is 0 Å². The molecule has 2 fully saturated rings. The summed E-state index contributed by atoms with van der Waals surface area (Å²) in [4.78, 5) is 15.6. The van der Waals surface area contributed by atoms with E-state index in [1.165, 1.54) is 18.4 Å². The van der Waals surface area contributed by atoms with Gasteiger partial charge in [0.05, 0.1) is 11.8 Å². The molecule has 3 heterocycles. The monoisotopic (exact) mass is 337 g/mol. The number of benzene rings is 1. The number of carbonyl (C=O) groups excluding carboxylic acids is 1. The van der Waals surface area contributed by atoms with Crippen LogP contribution in [-0.4, -0.2) is 32.5 Å². The van der Waals surface area contributed by atoms with Crippen molar-refractivity contribution in [2.24, 2.45) is 5.92 Å². The van der Waals surface area contributed by atoms with Gasteiger partial charge in [-0.15, -0.1) is 0 Å². The number of Topliss-reactive ketones (excluding diaryl/α,β-unsaturated/α-hetero) is 1. The van der Waals surface area contributed by atoms with Crippen molar-refractivity contribution in [2.45, 2.75) is 64.2 Å². The van der Waals surface area contributed by atoms with Crippen LogP contribution in [0.5, 0.6) is 0 Å². The number of nitrogens with zero attached hydrogens (tertiary/aromatic N) is 3. The second-order valence-electron chi connectivity index (χ2n) is 7.57. The van der Waals surface area contributed by atoms with Crippen molar-refractivity contribution in [3.63, 3.8) is 0 Å². The topological polar surface area (TPSA) is 38.1 Å². The summed E-state index contributed by atoms with van der Waals surface area (Å²) in [6.07, 6.45) is 9.20. The highest BCUT2D eigenvalue weighted by Gasteiger charge is 2.42. The Balaban J connectivity index is 1.43. The van der Waals surface area contributed by atoms with Crippen molar-refractivity contribution in [3.05, 3.63) is 53.9 Å². The summed E-state index contributed by atoms with van der Waals surface area (Å²) in [5.41, 5.74) is 2.18. The lowest BCUT2D eigenvalue weighted by Gasteiger charge is -2.38.